The maximum absolute atomic E-state index is 13.2. The van der Waals surface area contributed by atoms with Crippen LogP contribution in [0.4, 0.5) is 17.6 Å². The van der Waals surface area contributed by atoms with Crippen LogP contribution in [0.25, 0.3) is 0 Å². The van der Waals surface area contributed by atoms with Gasteiger partial charge < -0.3 is 0 Å². The Labute approximate surface area is 120 Å². The van der Waals surface area contributed by atoms with E-state index in [9.17, 15) is 17.6 Å². The Bertz CT molecular complexity index is 592. The first-order valence-corrected chi connectivity index (χ1v) is 6.68. The summed E-state index contributed by atoms with van der Waals surface area (Å²) in [6.45, 7) is 0. The van der Waals surface area contributed by atoms with Crippen molar-refractivity contribution in [3.05, 3.63) is 56.5 Å². The van der Waals surface area contributed by atoms with Gasteiger partial charge in [-0.15, -0.1) is 22.9 Å². The van der Waals surface area contributed by atoms with Crippen molar-refractivity contribution >= 4 is 34.5 Å². The molecule has 1 aromatic carbocycles. The Kier molecular flexibility index (Phi) is 4.08. The molecule has 0 N–H and O–H groups in total. The van der Waals surface area contributed by atoms with Gasteiger partial charge in [-0.25, -0.2) is 4.39 Å². The number of hydrogen-bond acceptors (Lipinski definition) is 1. The van der Waals surface area contributed by atoms with E-state index in [1.807, 2.05) is 0 Å². The molecule has 0 bridgehead atoms. The van der Waals surface area contributed by atoms with Crippen LogP contribution in [0.5, 0.6) is 0 Å². The average Bonchev–Trinajstić information content (AvgIpc) is 2.74. The first-order chi connectivity index (χ1) is 8.79. The quantitative estimate of drug-likeness (QED) is 0.476. The Morgan fingerprint density at radius 1 is 1.11 bits per heavy atom. The van der Waals surface area contributed by atoms with Crippen molar-refractivity contribution in [3.63, 3.8) is 0 Å². The molecule has 1 atom stereocenters. The highest BCUT2D eigenvalue weighted by Crippen LogP contribution is 2.38. The number of alkyl halides is 4. The van der Waals surface area contributed by atoms with Gasteiger partial charge in [-0.1, -0.05) is 17.7 Å². The van der Waals surface area contributed by atoms with Gasteiger partial charge in [0, 0.05) is 4.88 Å². The molecule has 0 aliphatic rings. The first kappa shape index (κ1) is 14.6. The summed E-state index contributed by atoms with van der Waals surface area (Å²) >= 11 is 13.0. The van der Waals surface area contributed by atoms with Gasteiger partial charge in [0.05, 0.1) is 15.3 Å². The predicted molar refractivity (Wildman–Crippen MR) is 68.4 cm³/mol. The Morgan fingerprint density at radius 2 is 1.79 bits per heavy atom. The summed E-state index contributed by atoms with van der Waals surface area (Å²) in [6.07, 6.45) is -4.75. The second-order valence-electron chi connectivity index (χ2n) is 3.74. The molecule has 0 fully saturated rings. The third kappa shape index (κ3) is 3.22. The standard InChI is InChI=1S/C12H6Cl2F4S/c13-10-4-3-9(19-10)11(14)6-1-2-8(15)7(5-6)12(16,17)18/h1-5,11H. The number of halogens is 6. The highest BCUT2D eigenvalue weighted by atomic mass is 35.5. The van der Waals surface area contributed by atoms with Crippen molar-refractivity contribution in [2.45, 2.75) is 11.6 Å². The molecule has 0 saturated heterocycles. The highest BCUT2D eigenvalue weighted by Gasteiger charge is 2.34. The van der Waals surface area contributed by atoms with Crippen LogP contribution in [0.1, 0.15) is 21.4 Å². The molecule has 0 aliphatic carbocycles. The fraction of sp³-hybridized carbons (Fsp3) is 0.167. The smallest absolute Gasteiger partial charge is 0.206 e. The highest BCUT2D eigenvalue weighted by molar-refractivity contribution is 7.16. The third-order valence-corrected chi connectivity index (χ3v) is 4.34. The maximum Gasteiger partial charge on any atom is 0.419 e. The summed E-state index contributed by atoms with van der Waals surface area (Å²) in [4.78, 5) is 0.603. The van der Waals surface area contributed by atoms with Crippen LogP contribution in [-0.4, -0.2) is 0 Å². The van der Waals surface area contributed by atoms with Crippen LogP contribution in [0, 0.1) is 5.82 Å². The SMILES string of the molecule is Fc1ccc(C(Cl)c2ccc(Cl)s2)cc1C(F)(F)F. The molecule has 102 valence electrons. The fourth-order valence-corrected chi connectivity index (χ4v) is 2.96. The van der Waals surface area contributed by atoms with Gasteiger partial charge in [-0.3, -0.25) is 0 Å². The molecule has 1 heterocycles. The lowest BCUT2D eigenvalue weighted by atomic mass is 10.1. The van der Waals surface area contributed by atoms with Crippen LogP contribution in [0.15, 0.2) is 30.3 Å². The van der Waals surface area contributed by atoms with Gasteiger partial charge in [-0.05, 0) is 29.8 Å². The van der Waals surface area contributed by atoms with Gasteiger partial charge in [0.25, 0.3) is 0 Å². The predicted octanol–water partition coefficient (Wildman–Crippen LogP) is 5.89. The molecule has 0 radical (unpaired) electrons. The zero-order valence-electron chi connectivity index (χ0n) is 9.14. The Hall–Kier alpha value is -0.780. The minimum Gasteiger partial charge on any atom is -0.206 e. The van der Waals surface area contributed by atoms with Crippen molar-refractivity contribution in [2.24, 2.45) is 0 Å². The normalized spacial score (nSPS) is 13.6. The third-order valence-electron chi connectivity index (χ3n) is 2.43. The molecule has 19 heavy (non-hydrogen) atoms. The van der Waals surface area contributed by atoms with E-state index in [0.717, 1.165) is 12.1 Å². The van der Waals surface area contributed by atoms with Crippen LogP contribution in [0.3, 0.4) is 0 Å². The summed E-state index contributed by atoms with van der Waals surface area (Å²) in [5.74, 6) is -1.32. The fourth-order valence-electron chi connectivity index (χ4n) is 1.55. The minimum atomic E-state index is -4.75. The van der Waals surface area contributed by atoms with Gasteiger partial charge in [-0.2, -0.15) is 13.2 Å². The number of rotatable bonds is 2. The molecule has 0 saturated carbocycles. The molecular weight excluding hydrogens is 323 g/mol. The van der Waals surface area contributed by atoms with Crippen LogP contribution < -0.4 is 0 Å². The molecule has 1 unspecified atom stereocenters. The van der Waals surface area contributed by atoms with E-state index in [4.69, 9.17) is 23.2 Å². The Balaban J connectivity index is 2.41. The zero-order chi connectivity index (χ0) is 14.2. The van der Waals surface area contributed by atoms with Crippen LogP contribution in [-0.2, 0) is 6.18 Å². The van der Waals surface area contributed by atoms with Gasteiger partial charge in [0.2, 0.25) is 0 Å². The largest absolute Gasteiger partial charge is 0.419 e. The van der Waals surface area contributed by atoms with Crippen LogP contribution in [0.2, 0.25) is 4.34 Å². The van der Waals surface area contributed by atoms with E-state index in [-0.39, 0.29) is 5.56 Å². The molecule has 2 rings (SSSR count). The van der Waals surface area contributed by atoms with Gasteiger partial charge in [0.15, 0.2) is 0 Å². The van der Waals surface area contributed by atoms with Crippen molar-refractivity contribution in [3.8, 4) is 0 Å². The number of benzene rings is 1. The first-order valence-electron chi connectivity index (χ1n) is 5.05. The van der Waals surface area contributed by atoms with Crippen molar-refractivity contribution < 1.29 is 17.6 Å². The topological polar surface area (TPSA) is 0 Å². The number of hydrogen-bond donors (Lipinski definition) is 0. The summed E-state index contributed by atoms with van der Waals surface area (Å²) in [6, 6.07) is 5.95. The zero-order valence-corrected chi connectivity index (χ0v) is 11.5. The minimum absolute atomic E-state index is 0.175. The number of thiophene rings is 1. The van der Waals surface area contributed by atoms with Crippen molar-refractivity contribution in [1.29, 1.82) is 0 Å². The van der Waals surface area contributed by atoms with E-state index in [1.165, 1.54) is 17.4 Å². The average molecular weight is 329 g/mol. The Morgan fingerprint density at radius 3 is 2.32 bits per heavy atom. The molecule has 0 aliphatic heterocycles. The van der Waals surface area contributed by atoms with Crippen LogP contribution >= 0.6 is 34.5 Å². The van der Waals surface area contributed by atoms with E-state index in [1.54, 1.807) is 12.1 Å². The van der Waals surface area contributed by atoms with E-state index in [2.05, 4.69) is 0 Å². The molecule has 0 spiro atoms. The van der Waals surface area contributed by atoms with Gasteiger partial charge in [0.1, 0.15) is 5.82 Å². The lowest BCUT2D eigenvalue weighted by Crippen LogP contribution is -2.09. The molecule has 0 amide bonds. The molecule has 1 aromatic heterocycles. The lowest BCUT2D eigenvalue weighted by Gasteiger charge is -2.12. The summed E-state index contributed by atoms with van der Waals surface area (Å²) in [7, 11) is 0. The van der Waals surface area contributed by atoms with E-state index < -0.39 is 22.9 Å². The maximum atomic E-state index is 13.2. The van der Waals surface area contributed by atoms with Gasteiger partial charge >= 0.3 is 6.18 Å². The van der Waals surface area contributed by atoms with E-state index >= 15 is 0 Å². The van der Waals surface area contributed by atoms with E-state index in [0.29, 0.717) is 9.21 Å². The monoisotopic (exact) mass is 328 g/mol. The molecular formula is C12H6Cl2F4S. The van der Waals surface area contributed by atoms with Crippen molar-refractivity contribution in [2.75, 3.05) is 0 Å². The molecule has 0 nitrogen and oxygen atoms in total. The second kappa shape index (κ2) is 5.31. The summed E-state index contributed by atoms with van der Waals surface area (Å²) in [5, 5.41) is -0.792. The second-order valence-corrected chi connectivity index (χ2v) is 5.92. The lowest BCUT2D eigenvalue weighted by molar-refractivity contribution is -0.140. The summed E-state index contributed by atoms with van der Waals surface area (Å²) in [5.41, 5.74) is -1.15. The molecule has 7 heteroatoms. The molecule has 2 aromatic rings. The van der Waals surface area contributed by atoms with Crippen molar-refractivity contribution in [1.82, 2.24) is 0 Å². The summed E-state index contributed by atoms with van der Waals surface area (Å²) < 4.78 is 51.4.